The van der Waals surface area contributed by atoms with E-state index in [2.05, 4.69) is 34.4 Å². The van der Waals surface area contributed by atoms with Crippen molar-refractivity contribution < 1.29 is 9.84 Å². The molecule has 5 rings (SSSR count). The van der Waals surface area contributed by atoms with Gasteiger partial charge < -0.3 is 29.9 Å². The van der Waals surface area contributed by atoms with Crippen molar-refractivity contribution in [2.45, 2.75) is 38.8 Å². The summed E-state index contributed by atoms with van der Waals surface area (Å²) in [5.41, 5.74) is 2.11. The van der Waals surface area contributed by atoms with E-state index in [-0.39, 0.29) is 11.6 Å². The van der Waals surface area contributed by atoms with Crippen molar-refractivity contribution in [3.8, 4) is 5.75 Å². The average Bonchev–Trinajstić information content (AvgIpc) is 3.00. The number of aromatic nitrogens is 3. The Bertz CT molecular complexity index is 1290. The van der Waals surface area contributed by atoms with Gasteiger partial charge in [-0.05, 0) is 37.5 Å². The van der Waals surface area contributed by atoms with Gasteiger partial charge in [0.25, 0.3) is 5.56 Å². The van der Waals surface area contributed by atoms with Crippen LogP contribution in [0.2, 0.25) is 5.02 Å². The molecule has 2 aliphatic rings. The third-order valence-electron chi connectivity index (χ3n) is 6.46. The molecule has 0 amide bonds. The lowest BCUT2D eigenvalue weighted by Crippen LogP contribution is -2.43. The molecular weight excluding hydrogens is 456 g/mol. The van der Waals surface area contributed by atoms with Gasteiger partial charge in [-0.15, -0.1) is 0 Å². The monoisotopic (exact) mass is 484 g/mol. The van der Waals surface area contributed by atoms with Crippen LogP contribution in [-0.2, 0) is 7.05 Å². The maximum Gasteiger partial charge on any atom is 0.295 e. The molecule has 34 heavy (non-hydrogen) atoms. The van der Waals surface area contributed by atoms with Crippen LogP contribution < -0.4 is 25.8 Å². The number of pyridine rings is 1. The maximum absolute atomic E-state index is 12.9. The Labute approximate surface area is 202 Å². The fraction of sp³-hybridized carbons (Fsp3) is 0.458. The first-order valence-electron chi connectivity index (χ1n) is 11.6. The minimum atomic E-state index is -0.404. The van der Waals surface area contributed by atoms with Crippen molar-refractivity contribution in [3.63, 3.8) is 0 Å². The van der Waals surface area contributed by atoms with Gasteiger partial charge >= 0.3 is 0 Å². The summed E-state index contributed by atoms with van der Waals surface area (Å²) in [6.07, 6.45) is 2.75. The quantitative estimate of drug-likeness (QED) is 0.518. The van der Waals surface area contributed by atoms with Crippen LogP contribution in [-0.4, -0.2) is 51.5 Å². The summed E-state index contributed by atoms with van der Waals surface area (Å²) < 4.78 is 7.44. The Hall–Kier alpha value is -3.04. The number of hydrogen-bond acceptors (Lipinski definition) is 8. The summed E-state index contributed by atoms with van der Waals surface area (Å²) in [5, 5.41) is 18.2. The van der Waals surface area contributed by atoms with E-state index in [1.54, 1.807) is 17.8 Å². The highest BCUT2D eigenvalue weighted by atomic mass is 35.5. The minimum Gasteiger partial charge on any atom is -0.486 e. The molecule has 0 aliphatic carbocycles. The molecule has 0 radical (unpaired) electrons. The van der Waals surface area contributed by atoms with Gasteiger partial charge in [-0.25, -0.2) is 4.98 Å². The summed E-state index contributed by atoms with van der Waals surface area (Å²) in [6, 6.07) is 5.93. The predicted octanol–water partition coefficient (Wildman–Crippen LogP) is 3.52. The van der Waals surface area contributed by atoms with Gasteiger partial charge in [-0.2, -0.15) is 4.98 Å². The second-order valence-electron chi connectivity index (χ2n) is 9.37. The van der Waals surface area contributed by atoms with Crippen LogP contribution in [0.5, 0.6) is 5.75 Å². The van der Waals surface area contributed by atoms with Gasteiger partial charge in [0.05, 0.1) is 30.1 Å². The highest BCUT2D eigenvalue weighted by molar-refractivity contribution is 6.32. The molecule has 4 heterocycles. The number of rotatable bonds is 3. The summed E-state index contributed by atoms with van der Waals surface area (Å²) in [6.45, 7) is 5.94. The topological polar surface area (TPSA) is 105 Å². The number of nitrogens with one attached hydrogen (secondary N) is 2. The summed E-state index contributed by atoms with van der Waals surface area (Å²) in [4.78, 5) is 23.9. The van der Waals surface area contributed by atoms with Crippen LogP contribution >= 0.6 is 11.6 Å². The highest BCUT2D eigenvalue weighted by Crippen LogP contribution is 2.35. The fourth-order valence-electron chi connectivity index (χ4n) is 4.75. The van der Waals surface area contributed by atoms with Crippen LogP contribution in [0.1, 0.15) is 26.7 Å². The molecule has 3 aromatic rings. The molecule has 9 nitrogen and oxygen atoms in total. The van der Waals surface area contributed by atoms with E-state index < -0.39 is 6.10 Å². The zero-order chi connectivity index (χ0) is 24.0. The number of piperidine rings is 1. The van der Waals surface area contributed by atoms with Crippen molar-refractivity contribution >= 4 is 45.6 Å². The molecule has 2 aromatic heterocycles. The van der Waals surface area contributed by atoms with E-state index in [9.17, 15) is 9.90 Å². The third-order valence-corrected chi connectivity index (χ3v) is 6.73. The SMILES string of the molecule is CC1CCOc2c(c3cc(Nc4nc(N5C[C@H](C)C[C@H](O)C5)ncc4Cl)ccc3n(C)c2=O)N1. The van der Waals surface area contributed by atoms with Crippen molar-refractivity contribution in [3.05, 3.63) is 39.8 Å². The van der Waals surface area contributed by atoms with E-state index in [0.29, 0.717) is 47.3 Å². The Morgan fingerprint density at radius 1 is 1.29 bits per heavy atom. The fourth-order valence-corrected chi connectivity index (χ4v) is 4.89. The number of fused-ring (bicyclic) bond motifs is 3. The molecule has 1 unspecified atom stereocenters. The van der Waals surface area contributed by atoms with Gasteiger partial charge in [0.1, 0.15) is 5.02 Å². The minimum absolute atomic E-state index is 0.161. The normalized spacial score (nSPS) is 22.5. The van der Waals surface area contributed by atoms with Crippen LogP contribution in [0.4, 0.5) is 23.1 Å². The number of aliphatic hydroxyl groups excluding tert-OH is 1. The Morgan fingerprint density at radius 3 is 2.91 bits per heavy atom. The Morgan fingerprint density at radius 2 is 2.12 bits per heavy atom. The number of hydrogen-bond donors (Lipinski definition) is 3. The van der Waals surface area contributed by atoms with Crippen molar-refractivity contribution in [2.24, 2.45) is 13.0 Å². The van der Waals surface area contributed by atoms with Gasteiger partial charge in [-0.1, -0.05) is 18.5 Å². The number of benzene rings is 1. The molecule has 0 spiro atoms. The lowest BCUT2D eigenvalue weighted by Gasteiger charge is -2.34. The molecular formula is C24H29ClN6O3. The van der Waals surface area contributed by atoms with Crippen molar-refractivity contribution in [1.82, 2.24) is 14.5 Å². The first kappa shape index (κ1) is 22.7. The number of β-amino-alcohol motifs (C(OH)–C–C–N with tert-alkyl or cyclic N) is 1. The molecule has 2 aliphatic heterocycles. The van der Waals surface area contributed by atoms with E-state index >= 15 is 0 Å². The molecule has 0 bridgehead atoms. The largest absolute Gasteiger partial charge is 0.486 e. The predicted molar refractivity (Wildman–Crippen MR) is 135 cm³/mol. The molecule has 10 heteroatoms. The first-order valence-corrected chi connectivity index (χ1v) is 12.0. The van der Waals surface area contributed by atoms with Crippen LogP contribution in [0.25, 0.3) is 10.9 Å². The molecule has 3 atom stereocenters. The Balaban J connectivity index is 1.52. The van der Waals surface area contributed by atoms with Gasteiger partial charge in [0.15, 0.2) is 5.82 Å². The van der Waals surface area contributed by atoms with Crippen LogP contribution in [0, 0.1) is 5.92 Å². The summed E-state index contributed by atoms with van der Waals surface area (Å²) in [7, 11) is 1.75. The molecule has 1 aromatic carbocycles. The smallest absolute Gasteiger partial charge is 0.295 e. The molecule has 0 saturated carbocycles. The van der Waals surface area contributed by atoms with E-state index in [0.717, 1.165) is 36.0 Å². The summed E-state index contributed by atoms with van der Waals surface area (Å²) >= 11 is 6.43. The number of nitrogens with zero attached hydrogens (tertiary/aromatic N) is 4. The second kappa shape index (κ2) is 8.96. The average molecular weight is 485 g/mol. The van der Waals surface area contributed by atoms with Crippen molar-refractivity contribution in [1.29, 1.82) is 0 Å². The van der Waals surface area contributed by atoms with Gasteiger partial charge in [0.2, 0.25) is 11.7 Å². The lowest BCUT2D eigenvalue weighted by molar-refractivity contribution is 0.132. The van der Waals surface area contributed by atoms with Gasteiger partial charge in [0, 0.05) is 43.7 Å². The number of aryl methyl sites for hydroxylation is 1. The maximum atomic E-state index is 12.9. The van der Waals surface area contributed by atoms with E-state index in [4.69, 9.17) is 16.3 Å². The van der Waals surface area contributed by atoms with Crippen LogP contribution in [0.15, 0.2) is 29.2 Å². The first-order chi connectivity index (χ1) is 16.3. The number of aliphatic hydroxyl groups is 1. The molecule has 180 valence electrons. The second-order valence-corrected chi connectivity index (χ2v) is 9.78. The number of halogens is 1. The highest BCUT2D eigenvalue weighted by Gasteiger charge is 2.26. The third kappa shape index (κ3) is 4.25. The molecule has 1 saturated heterocycles. The number of ether oxygens (including phenoxy) is 1. The zero-order valence-corrected chi connectivity index (χ0v) is 20.3. The summed E-state index contributed by atoms with van der Waals surface area (Å²) in [5.74, 6) is 1.70. The number of anilines is 4. The molecule has 3 N–H and O–H groups in total. The lowest BCUT2D eigenvalue weighted by atomic mass is 9.98. The van der Waals surface area contributed by atoms with Gasteiger partial charge in [-0.3, -0.25) is 4.79 Å². The Kier molecular flexibility index (Phi) is 5.99. The standard InChI is InChI=1S/C24H29ClN6O3/c1-13-8-16(32)12-31(11-13)24-26-10-18(25)22(29-24)28-15-4-5-19-17(9-15)20-21(23(33)30(19)3)34-7-6-14(2)27-20/h4-5,9-10,13-14,16,27,32H,6-8,11-12H2,1-3H3,(H,26,28,29)/t13-,14?,16+/m1/s1. The van der Waals surface area contributed by atoms with E-state index in [1.165, 1.54) is 0 Å². The zero-order valence-electron chi connectivity index (χ0n) is 19.5. The van der Waals surface area contributed by atoms with E-state index in [1.807, 2.05) is 23.1 Å². The molecule has 1 fully saturated rings. The van der Waals surface area contributed by atoms with Crippen LogP contribution in [0.3, 0.4) is 0 Å². The van der Waals surface area contributed by atoms with Crippen molar-refractivity contribution in [2.75, 3.05) is 35.2 Å².